The van der Waals surface area contributed by atoms with Gasteiger partial charge in [0, 0.05) is 23.4 Å². The molecule has 0 saturated carbocycles. The molecule has 0 aliphatic carbocycles. The van der Waals surface area contributed by atoms with Gasteiger partial charge in [-0.3, -0.25) is 4.79 Å². The SMILES string of the molecule is O=C(C1c2ccccc2Oc2ccccc21)N1CC(Oc2ccc(C(F)(F)F)cn2)C1. The van der Waals surface area contributed by atoms with Crippen LogP contribution in [0.15, 0.2) is 66.9 Å². The molecular formula is C23H17F3N2O3. The molecule has 0 unspecified atom stereocenters. The molecule has 1 amide bonds. The molecule has 0 atom stereocenters. The maximum absolute atomic E-state index is 13.3. The number of hydrogen-bond donors (Lipinski definition) is 0. The number of amides is 1. The molecule has 0 bridgehead atoms. The van der Waals surface area contributed by atoms with Gasteiger partial charge >= 0.3 is 6.18 Å². The van der Waals surface area contributed by atoms with Crippen molar-refractivity contribution in [3.63, 3.8) is 0 Å². The average Bonchev–Trinajstić information content (AvgIpc) is 2.73. The predicted octanol–water partition coefficient (Wildman–Crippen LogP) is 4.63. The number of fused-ring (bicyclic) bond motifs is 2. The van der Waals surface area contributed by atoms with Gasteiger partial charge in [0.1, 0.15) is 17.6 Å². The molecule has 31 heavy (non-hydrogen) atoms. The Morgan fingerprint density at radius 2 is 1.58 bits per heavy atom. The van der Waals surface area contributed by atoms with Crippen LogP contribution in [-0.4, -0.2) is 35.0 Å². The van der Waals surface area contributed by atoms with Crippen molar-refractivity contribution >= 4 is 5.91 Å². The van der Waals surface area contributed by atoms with Crippen molar-refractivity contribution in [3.05, 3.63) is 83.6 Å². The van der Waals surface area contributed by atoms with Crippen LogP contribution in [-0.2, 0) is 11.0 Å². The molecule has 5 rings (SSSR count). The fraction of sp³-hybridized carbons (Fsp3) is 0.217. The lowest BCUT2D eigenvalue weighted by Gasteiger charge is -2.41. The van der Waals surface area contributed by atoms with Crippen molar-refractivity contribution in [2.75, 3.05) is 13.1 Å². The Bertz CT molecular complexity index is 1080. The number of halogens is 3. The van der Waals surface area contributed by atoms with Crippen LogP contribution in [0.25, 0.3) is 0 Å². The third-order valence-corrected chi connectivity index (χ3v) is 5.44. The summed E-state index contributed by atoms with van der Waals surface area (Å²) in [5.41, 5.74) is 0.780. The van der Waals surface area contributed by atoms with E-state index in [0.29, 0.717) is 24.6 Å². The Labute approximate surface area is 176 Å². The lowest BCUT2D eigenvalue weighted by atomic mass is 9.86. The highest BCUT2D eigenvalue weighted by atomic mass is 19.4. The zero-order chi connectivity index (χ0) is 21.6. The highest BCUT2D eigenvalue weighted by Crippen LogP contribution is 2.45. The summed E-state index contributed by atoms with van der Waals surface area (Å²) < 4.78 is 49.5. The monoisotopic (exact) mass is 426 g/mol. The first-order valence-electron chi connectivity index (χ1n) is 9.74. The van der Waals surface area contributed by atoms with Gasteiger partial charge in [-0.05, 0) is 18.2 Å². The van der Waals surface area contributed by atoms with E-state index < -0.39 is 17.7 Å². The lowest BCUT2D eigenvalue weighted by Crippen LogP contribution is -2.57. The predicted molar refractivity (Wildman–Crippen MR) is 105 cm³/mol. The summed E-state index contributed by atoms with van der Waals surface area (Å²) in [5.74, 6) is 0.866. The molecule has 0 radical (unpaired) electrons. The maximum atomic E-state index is 13.3. The van der Waals surface area contributed by atoms with E-state index in [1.807, 2.05) is 48.5 Å². The smallest absolute Gasteiger partial charge is 0.417 e. The summed E-state index contributed by atoms with van der Waals surface area (Å²) in [6.07, 6.45) is -4.02. The summed E-state index contributed by atoms with van der Waals surface area (Å²) in [6.45, 7) is 0.673. The van der Waals surface area contributed by atoms with Crippen molar-refractivity contribution in [2.24, 2.45) is 0 Å². The first kappa shape index (κ1) is 19.4. The third-order valence-electron chi connectivity index (χ3n) is 5.44. The summed E-state index contributed by atoms with van der Waals surface area (Å²) in [7, 11) is 0. The van der Waals surface area contributed by atoms with Crippen LogP contribution in [0.4, 0.5) is 13.2 Å². The fourth-order valence-corrected chi connectivity index (χ4v) is 3.84. The van der Waals surface area contributed by atoms with Crippen LogP contribution in [0.5, 0.6) is 17.4 Å². The minimum absolute atomic E-state index is 0.0663. The first-order valence-corrected chi connectivity index (χ1v) is 9.74. The summed E-state index contributed by atoms with van der Waals surface area (Å²) in [5, 5.41) is 0. The van der Waals surface area contributed by atoms with E-state index in [9.17, 15) is 18.0 Å². The highest BCUT2D eigenvalue weighted by molar-refractivity contribution is 5.90. The van der Waals surface area contributed by atoms with Crippen LogP contribution < -0.4 is 9.47 Å². The number of ether oxygens (including phenoxy) is 2. The zero-order valence-corrected chi connectivity index (χ0v) is 16.2. The molecule has 1 fully saturated rings. The second-order valence-corrected chi connectivity index (χ2v) is 7.48. The molecule has 158 valence electrons. The minimum atomic E-state index is -4.44. The topological polar surface area (TPSA) is 51.7 Å². The highest BCUT2D eigenvalue weighted by Gasteiger charge is 2.40. The van der Waals surface area contributed by atoms with Crippen LogP contribution in [0.2, 0.25) is 0 Å². The molecule has 1 saturated heterocycles. The molecule has 3 heterocycles. The van der Waals surface area contributed by atoms with Crippen molar-refractivity contribution in [1.82, 2.24) is 9.88 Å². The van der Waals surface area contributed by atoms with Gasteiger partial charge in [0.25, 0.3) is 0 Å². The summed E-state index contributed by atoms with van der Waals surface area (Å²) in [4.78, 5) is 18.7. The number of nitrogens with zero attached hydrogens (tertiary/aromatic N) is 2. The normalized spacial score (nSPS) is 16.0. The van der Waals surface area contributed by atoms with Gasteiger partial charge in [0.15, 0.2) is 0 Å². The quantitative estimate of drug-likeness (QED) is 0.613. The van der Waals surface area contributed by atoms with E-state index in [-0.39, 0.29) is 17.9 Å². The molecular weight excluding hydrogens is 409 g/mol. The van der Waals surface area contributed by atoms with Crippen molar-refractivity contribution in [3.8, 4) is 17.4 Å². The standard InChI is InChI=1S/C23H17F3N2O3/c24-23(25,26)14-9-10-20(27-11-14)30-15-12-28(13-15)22(29)21-16-5-1-3-7-18(16)31-19-8-4-2-6-17(19)21/h1-11,15,21H,12-13H2. The molecule has 0 N–H and O–H groups in total. The Hall–Kier alpha value is -3.55. The molecule has 2 aromatic carbocycles. The van der Waals surface area contributed by atoms with Crippen molar-refractivity contribution < 1.29 is 27.4 Å². The van der Waals surface area contributed by atoms with Gasteiger partial charge in [-0.15, -0.1) is 0 Å². The molecule has 2 aliphatic rings. The van der Waals surface area contributed by atoms with E-state index in [2.05, 4.69) is 4.98 Å². The third kappa shape index (κ3) is 3.58. The number of pyridine rings is 1. The number of hydrogen-bond acceptors (Lipinski definition) is 4. The second-order valence-electron chi connectivity index (χ2n) is 7.48. The fourth-order valence-electron chi connectivity index (χ4n) is 3.84. The lowest BCUT2D eigenvalue weighted by molar-refractivity contribution is -0.141. The number of likely N-dealkylation sites (tertiary alicyclic amines) is 1. The number of benzene rings is 2. The van der Waals surface area contributed by atoms with E-state index in [1.165, 1.54) is 6.07 Å². The Kier molecular flexibility index (Phi) is 4.57. The minimum Gasteiger partial charge on any atom is -0.471 e. The molecule has 3 aromatic rings. The van der Waals surface area contributed by atoms with E-state index >= 15 is 0 Å². The molecule has 8 heteroatoms. The molecule has 2 aliphatic heterocycles. The Morgan fingerprint density at radius 3 is 2.13 bits per heavy atom. The van der Waals surface area contributed by atoms with Crippen LogP contribution in [0, 0.1) is 0 Å². The number of para-hydroxylation sites is 2. The summed E-state index contributed by atoms with van der Waals surface area (Å²) in [6, 6.07) is 17.0. The van der Waals surface area contributed by atoms with Crippen molar-refractivity contribution in [1.29, 1.82) is 0 Å². The number of alkyl halides is 3. The van der Waals surface area contributed by atoms with Gasteiger partial charge in [0.05, 0.1) is 24.6 Å². The number of aromatic nitrogens is 1. The first-order chi connectivity index (χ1) is 14.9. The van der Waals surface area contributed by atoms with E-state index in [0.717, 1.165) is 23.4 Å². The van der Waals surface area contributed by atoms with E-state index in [1.54, 1.807) is 4.90 Å². The van der Waals surface area contributed by atoms with Crippen molar-refractivity contribution in [2.45, 2.75) is 18.2 Å². The van der Waals surface area contributed by atoms with E-state index in [4.69, 9.17) is 9.47 Å². The second kappa shape index (κ2) is 7.30. The van der Waals surface area contributed by atoms with Gasteiger partial charge in [-0.1, -0.05) is 36.4 Å². The summed E-state index contributed by atoms with van der Waals surface area (Å²) >= 11 is 0. The van der Waals surface area contributed by atoms with Gasteiger partial charge in [-0.25, -0.2) is 4.98 Å². The van der Waals surface area contributed by atoms with Gasteiger partial charge in [-0.2, -0.15) is 13.2 Å². The Morgan fingerprint density at radius 1 is 0.968 bits per heavy atom. The Balaban J connectivity index is 1.29. The number of carbonyl (C=O) groups excluding carboxylic acids is 1. The number of rotatable bonds is 3. The van der Waals surface area contributed by atoms with Crippen LogP contribution >= 0.6 is 0 Å². The molecule has 0 spiro atoms. The number of carbonyl (C=O) groups is 1. The van der Waals surface area contributed by atoms with Gasteiger partial charge in [0.2, 0.25) is 11.8 Å². The van der Waals surface area contributed by atoms with Crippen LogP contribution in [0.1, 0.15) is 22.6 Å². The van der Waals surface area contributed by atoms with Crippen LogP contribution in [0.3, 0.4) is 0 Å². The molecule has 1 aromatic heterocycles. The van der Waals surface area contributed by atoms with Gasteiger partial charge < -0.3 is 14.4 Å². The average molecular weight is 426 g/mol. The largest absolute Gasteiger partial charge is 0.471 e. The zero-order valence-electron chi connectivity index (χ0n) is 16.2. The molecule has 5 nitrogen and oxygen atoms in total. The maximum Gasteiger partial charge on any atom is 0.417 e.